The van der Waals surface area contributed by atoms with Crippen molar-refractivity contribution in [1.82, 2.24) is 4.57 Å². The number of hydrogen-bond donors (Lipinski definition) is 1. The van der Waals surface area contributed by atoms with E-state index >= 15 is 0 Å². The maximum absolute atomic E-state index is 8.66. The molecular weight excluding hydrogens is 118 g/mol. The van der Waals surface area contributed by atoms with E-state index in [0.717, 1.165) is 13.0 Å². The van der Waals surface area contributed by atoms with Crippen LogP contribution in [0.4, 0.5) is 0 Å². The third-order valence-corrected chi connectivity index (χ3v) is 2.18. The lowest BCUT2D eigenvalue weighted by Gasteiger charge is -2.15. The van der Waals surface area contributed by atoms with Gasteiger partial charge in [0, 0.05) is 6.04 Å². The van der Waals surface area contributed by atoms with Crippen molar-refractivity contribution in [2.75, 3.05) is 13.2 Å². The molecule has 0 saturated carbocycles. The Balaban J connectivity index is 2.30. The van der Waals surface area contributed by atoms with E-state index in [4.69, 9.17) is 5.11 Å². The van der Waals surface area contributed by atoms with Crippen molar-refractivity contribution in [2.45, 2.75) is 18.9 Å². The molecule has 1 fully saturated rings. The zero-order valence-corrected chi connectivity index (χ0v) is 5.80. The van der Waals surface area contributed by atoms with Gasteiger partial charge in [-0.25, -0.2) is 0 Å². The number of rotatable bonds is 1. The Labute approximate surface area is 53.0 Å². The summed E-state index contributed by atoms with van der Waals surface area (Å²) in [6, 6.07) is 0.367. The fraction of sp³-hybridized carbons (Fsp3) is 1.00. The lowest BCUT2D eigenvalue weighted by molar-refractivity contribution is 0.217. The van der Waals surface area contributed by atoms with Gasteiger partial charge in [0.1, 0.15) is 10.4 Å². The fourth-order valence-corrected chi connectivity index (χ4v) is 1.39. The van der Waals surface area contributed by atoms with E-state index in [1.165, 1.54) is 6.42 Å². The molecule has 3 radical (unpaired) electrons. The van der Waals surface area contributed by atoms with Crippen LogP contribution in [-0.4, -0.2) is 39.3 Å². The standard InChI is InChI=1S/C5H10NOSi/c7-4-5-2-1-3-6(5)8/h5,7H,1-4H2/t5-/m0/s1. The van der Waals surface area contributed by atoms with Gasteiger partial charge in [0.05, 0.1) is 6.61 Å². The highest BCUT2D eigenvalue weighted by molar-refractivity contribution is 6.04. The van der Waals surface area contributed by atoms with Crippen LogP contribution < -0.4 is 0 Å². The van der Waals surface area contributed by atoms with Gasteiger partial charge >= 0.3 is 0 Å². The molecule has 0 aliphatic carbocycles. The van der Waals surface area contributed by atoms with Gasteiger partial charge in [0.15, 0.2) is 0 Å². The molecule has 1 aliphatic heterocycles. The van der Waals surface area contributed by atoms with Crippen molar-refractivity contribution in [3.8, 4) is 0 Å². The first-order valence-electron chi connectivity index (χ1n) is 2.93. The monoisotopic (exact) mass is 128 g/mol. The zero-order chi connectivity index (χ0) is 5.98. The van der Waals surface area contributed by atoms with E-state index in [1.807, 2.05) is 4.57 Å². The Morgan fingerprint density at radius 1 is 1.75 bits per heavy atom. The van der Waals surface area contributed by atoms with Gasteiger partial charge in [-0.2, -0.15) is 0 Å². The smallest absolute Gasteiger partial charge is 0.143 e. The Kier molecular flexibility index (Phi) is 2.05. The van der Waals surface area contributed by atoms with Crippen LogP contribution in [0, 0.1) is 0 Å². The van der Waals surface area contributed by atoms with E-state index in [1.54, 1.807) is 0 Å². The van der Waals surface area contributed by atoms with Crippen LogP contribution in [0.5, 0.6) is 0 Å². The molecule has 0 aromatic carbocycles. The largest absolute Gasteiger partial charge is 0.395 e. The first-order valence-corrected chi connectivity index (χ1v) is 3.38. The first kappa shape index (κ1) is 6.26. The summed E-state index contributed by atoms with van der Waals surface area (Å²) in [6.45, 7) is 1.35. The van der Waals surface area contributed by atoms with Gasteiger partial charge in [-0.3, -0.25) is 0 Å². The first-order chi connectivity index (χ1) is 3.84. The van der Waals surface area contributed by atoms with Crippen molar-refractivity contribution < 1.29 is 5.11 Å². The van der Waals surface area contributed by atoms with Crippen LogP contribution >= 0.6 is 0 Å². The van der Waals surface area contributed by atoms with Crippen LogP contribution in [0.2, 0.25) is 0 Å². The third kappa shape index (κ3) is 1.10. The highest BCUT2D eigenvalue weighted by Gasteiger charge is 2.18. The molecule has 0 amide bonds. The Hall–Kier alpha value is 0.137. The maximum atomic E-state index is 8.66. The molecule has 1 aliphatic rings. The Bertz CT molecular complexity index is 78.8. The topological polar surface area (TPSA) is 23.5 Å². The normalized spacial score (nSPS) is 31.5. The summed E-state index contributed by atoms with van der Waals surface area (Å²) in [6.07, 6.45) is 2.33. The summed E-state index contributed by atoms with van der Waals surface area (Å²) < 4.78 is 2.01. The molecule has 1 rings (SSSR count). The molecule has 1 N–H and O–H groups in total. The molecule has 3 heteroatoms. The van der Waals surface area contributed by atoms with E-state index in [9.17, 15) is 0 Å². The minimum atomic E-state index is 0.281. The molecule has 1 heterocycles. The minimum Gasteiger partial charge on any atom is -0.395 e. The summed E-state index contributed by atoms with van der Waals surface area (Å²) in [5.41, 5.74) is 0. The second-order valence-electron chi connectivity index (χ2n) is 2.17. The molecule has 45 valence electrons. The third-order valence-electron chi connectivity index (χ3n) is 1.59. The van der Waals surface area contributed by atoms with Gasteiger partial charge in [-0.1, -0.05) is 0 Å². The fourth-order valence-electron chi connectivity index (χ4n) is 1.03. The van der Waals surface area contributed by atoms with E-state index in [2.05, 4.69) is 10.4 Å². The Morgan fingerprint density at radius 2 is 2.50 bits per heavy atom. The van der Waals surface area contributed by atoms with Crippen molar-refractivity contribution >= 4 is 10.4 Å². The number of hydrogen-bond acceptors (Lipinski definition) is 2. The van der Waals surface area contributed by atoms with Crippen molar-refractivity contribution in [2.24, 2.45) is 0 Å². The summed E-state index contributed by atoms with van der Waals surface area (Å²) >= 11 is 0. The number of aliphatic hydroxyl groups is 1. The Morgan fingerprint density at radius 3 is 2.75 bits per heavy atom. The molecule has 0 unspecified atom stereocenters. The highest BCUT2D eigenvalue weighted by Crippen LogP contribution is 2.12. The zero-order valence-electron chi connectivity index (χ0n) is 4.80. The average molecular weight is 128 g/mol. The lowest BCUT2D eigenvalue weighted by atomic mass is 10.2. The van der Waals surface area contributed by atoms with E-state index < -0.39 is 0 Å². The molecule has 0 aromatic rings. The van der Waals surface area contributed by atoms with Crippen molar-refractivity contribution in [3.05, 3.63) is 0 Å². The summed E-state index contributed by atoms with van der Waals surface area (Å²) in [5, 5.41) is 8.66. The predicted molar refractivity (Wildman–Crippen MR) is 32.6 cm³/mol. The van der Waals surface area contributed by atoms with Crippen molar-refractivity contribution in [3.63, 3.8) is 0 Å². The van der Waals surface area contributed by atoms with Crippen molar-refractivity contribution in [1.29, 1.82) is 0 Å². The summed E-state index contributed by atoms with van der Waals surface area (Å²) in [7, 11) is 3.39. The van der Waals surface area contributed by atoms with Gasteiger partial charge < -0.3 is 9.67 Å². The molecule has 0 bridgehead atoms. The van der Waals surface area contributed by atoms with Gasteiger partial charge in [0.2, 0.25) is 0 Å². The number of aliphatic hydroxyl groups excluding tert-OH is 1. The highest BCUT2D eigenvalue weighted by atomic mass is 28.2. The van der Waals surface area contributed by atoms with Crippen LogP contribution in [0.15, 0.2) is 0 Å². The molecule has 0 spiro atoms. The predicted octanol–water partition coefficient (Wildman–Crippen LogP) is -0.473. The summed E-state index contributed by atoms with van der Waals surface area (Å²) in [4.78, 5) is 0. The van der Waals surface area contributed by atoms with Crippen LogP contribution in [-0.2, 0) is 0 Å². The summed E-state index contributed by atoms with van der Waals surface area (Å²) in [5.74, 6) is 0. The molecular formula is C5H10NOSi. The quantitative estimate of drug-likeness (QED) is 0.482. The average Bonchev–Trinajstić information content (AvgIpc) is 2.14. The lowest BCUT2D eigenvalue weighted by Crippen LogP contribution is -2.29. The molecule has 1 atom stereocenters. The molecule has 1 saturated heterocycles. The van der Waals surface area contributed by atoms with Crippen LogP contribution in [0.3, 0.4) is 0 Å². The maximum Gasteiger partial charge on any atom is 0.143 e. The van der Waals surface area contributed by atoms with Gasteiger partial charge in [-0.15, -0.1) is 0 Å². The SMILES string of the molecule is OC[C@@H]1CCCN1[Si]. The van der Waals surface area contributed by atoms with E-state index in [0.29, 0.717) is 6.04 Å². The molecule has 0 aromatic heterocycles. The minimum absolute atomic E-state index is 0.281. The van der Waals surface area contributed by atoms with E-state index in [-0.39, 0.29) is 6.61 Å². The van der Waals surface area contributed by atoms with Crippen LogP contribution in [0.1, 0.15) is 12.8 Å². The second-order valence-corrected chi connectivity index (χ2v) is 2.75. The van der Waals surface area contributed by atoms with Gasteiger partial charge in [-0.05, 0) is 19.4 Å². The molecule has 2 nitrogen and oxygen atoms in total. The van der Waals surface area contributed by atoms with Crippen LogP contribution in [0.25, 0.3) is 0 Å². The molecule has 8 heavy (non-hydrogen) atoms. The van der Waals surface area contributed by atoms with Gasteiger partial charge in [0.25, 0.3) is 0 Å². The second kappa shape index (κ2) is 2.62. The number of nitrogens with zero attached hydrogens (tertiary/aromatic N) is 1.